The predicted molar refractivity (Wildman–Crippen MR) is 157 cm³/mol. The van der Waals surface area contributed by atoms with Crippen molar-refractivity contribution in [2.75, 3.05) is 18.4 Å². The molecule has 1 saturated heterocycles. The van der Waals surface area contributed by atoms with Gasteiger partial charge in [0.2, 0.25) is 0 Å². The number of benzene rings is 1. The van der Waals surface area contributed by atoms with E-state index in [1.807, 2.05) is 65.9 Å². The van der Waals surface area contributed by atoms with Gasteiger partial charge in [0.15, 0.2) is 0 Å². The molecule has 2 fully saturated rings. The van der Waals surface area contributed by atoms with Gasteiger partial charge >= 0.3 is 12.2 Å². The molecule has 2 aromatic heterocycles. The van der Waals surface area contributed by atoms with Crippen LogP contribution in [0.4, 0.5) is 15.4 Å². The second-order valence-corrected chi connectivity index (χ2v) is 12.7. The van der Waals surface area contributed by atoms with Crippen LogP contribution >= 0.6 is 11.6 Å². The van der Waals surface area contributed by atoms with Crippen molar-refractivity contribution in [1.82, 2.24) is 14.9 Å². The maximum Gasteiger partial charge on any atom is 0.413 e. The lowest BCUT2D eigenvalue weighted by Gasteiger charge is -2.51. The number of fused-ring (bicyclic) bond motifs is 1. The van der Waals surface area contributed by atoms with E-state index in [-0.39, 0.29) is 17.6 Å². The second kappa shape index (κ2) is 10.5. The summed E-state index contributed by atoms with van der Waals surface area (Å²) >= 11 is 6.76. The minimum absolute atomic E-state index is 0.126. The van der Waals surface area contributed by atoms with Gasteiger partial charge in [-0.25, -0.2) is 14.6 Å². The molecule has 1 spiro atoms. The van der Waals surface area contributed by atoms with Crippen LogP contribution in [0, 0.1) is 26.2 Å². The summed E-state index contributed by atoms with van der Waals surface area (Å²) in [6, 6.07) is 5.90. The molecule has 3 aromatic rings. The largest absolute Gasteiger partial charge is 0.446 e. The number of piperidine rings is 1. The highest BCUT2D eigenvalue weighted by Crippen LogP contribution is 2.50. The Morgan fingerprint density at radius 1 is 1.02 bits per heavy atom. The summed E-state index contributed by atoms with van der Waals surface area (Å²) in [5.74, 6) is 0.420. The molecule has 0 bridgehead atoms. The van der Waals surface area contributed by atoms with E-state index in [2.05, 4.69) is 15.3 Å². The molecule has 2 amide bonds. The fourth-order valence-corrected chi connectivity index (χ4v) is 6.12. The van der Waals surface area contributed by atoms with Gasteiger partial charge < -0.3 is 14.4 Å². The number of aryl methyl sites for hydroxylation is 3. The number of amides is 2. The smallest absolute Gasteiger partial charge is 0.413 e. The topological polar surface area (TPSA) is 93.7 Å². The third kappa shape index (κ3) is 5.87. The van der Waals surface area contributed by atoms with E-state index in [0.29, 0.717) is 23.9 Å². The fraction of sp³-hybridized carbons (Fsp3) is 0.484. The molecule has 3 heterocycles. The molecular weight excluding hydrogens is 528 g/mol. The van der Waals surface area contributed by atoms with Gasteiger partial charge in [-0.15, -0.1) is 0 Å². The highest BCUT2D eigenvalue weighted by molar-refractivity contribution is 6.35. The number of nitrogens with one attached hydrogen (secondary N) is 1. The molecule has 9 heteroatoms. The van der Waals surface area contributed by atoms with Crippen molar-refractivity contribution >= 4 is 40.4 Å². The highest BCUT2D eigenvalue weighted by atomic mass is 35.5. The molecule has 8 nitrogen and oxygen atoms in total. The van der Waals surface area contributed by atoms with E-state index < -0.39 is 11.7 Å². The number of aromatic nitrogens is 2. The molecule has 1 saturated carbocycles. The Morgan fingerprint density at radius 2 is 1.73 bits per heavy atom. The van der Waals surface area contributed by atoms with Gasteiger partial charge in [-0.1, -0.05) is 11.6 Å². The van der Waals surface area contributed by atoms with Gasteiger partial charge in [-0.3, -0.25) is 10.3 Å². The molecule has 40 heavy (non-hydrogen) atoms. The number of hydrogen-bond acceptors (Lipinski definition) is 6. The number of pyridine rings is 2. The summed E-state index contributed by atoms with van der Waals surface area (Å²) in [5.41, 5.74) is 4.47. The van der Waals surface area contributed by atoms with E-state index in [4.69, 9.17) is 21.1 Å². The summed E-state index contributed by atoms with van der Waals surface area (Å²) in [7, 11) is 0. The number of hydrogen-bond donors (Lipinski definition) is 1. The van der Waals surface area contributed by atoms with Crippen LogP contribution in [0.15, 0.2) is 30.6 Å². The van der Waals surface area contributed by atoms with Crippen LogP contribution in [0.3, 0.4) is 0 Å². The molecule has 0 atom stereocenters. The van der Waals surface area contributed by atoms with Crippen molar-refractivity contribution in [3.8, 4) is 11.1 Å². The van der Waals surface area contributed by atoms with Gasteiger partial charge in [0.25, 0.3) is 0 Å². The van der Waals surface area contributed by atoms with Gasteiger partial charge in [0.05, 0.1) is 5.02 Å². The van der Waals surface area contributed by atoms with E-state index in [9.17, 15) is 9.59 Å². The highest BCUT2D eigenvalue weighted by Gasteiger charge is 2.48. The standard InChI is InChI=1S/C31H37ClN4O4/c1-18-11-19(2)33-16-24(18)23-12-21-13-26(34-17-25(21)20(3)27(23)32)35-28(37)39-22-14-31(15-22)7-9-36(10-8-31)29(38)40-30(4,5)6/h11-13,16-17,22H,7-10,14-15H2,1-6H3,(H,34,35,37). The quantitative estimate of drug-likeness (QED) is 0.352. The maximum atomic E-state index is 12.7. The van der Waals surface area contributed by atoms with Gasteiger partial charge in [0, 0.05) is 47.7 Å². The Hall–Kier alpha value is -3.39. The van der Waals surface area contributed by atoms with Crippen molar-refractivity contribution in [3.63, 3.8) is 0 Å². The fourth-order valence-electron chi connectivity index (χ4n) is 5.86. The first-order valence-corrected chi connectivity index (χ1v) is 14.2. The lowest BCUT2D eigenvalue weighted by molar-refractivity contribution is -0.0716. The summed E-state index contributed by atoms with van der Waals surface area (Å²) < 4.78 is 11.2. The molecule has 1 aliphatic heterocycles. The van der Waals surface area contributed by atoms with Crippen molar-refractivity contribution in [2.24, 2.45) is 5.41 Å². The zero-order chi connectivity index (χ0) is 28.8. The third-order valence-corrected chi connectivity index (χ3v) is 8.53. The number of nitrogens with zero attached hydrogens (tertiary/aromatic N) is 3. The Morgan fingerprint density at radius 3 is 2.38 bits per heavy atom. The van der Waals surface area contributed by atoms with Crippen LogP contribution in [0.5, 0.6) is 0 Å². The van der Waals surface area contributed by atoms with E-state index in [0.717, 1.165) is 64.4 Å². The summed E-state index contributed by atoms with van der Waals surface area (Å²) in [5, 5.41) is 5.30. The van der Waals surface area contributed by atoms with E-state index >= 15 is 0 Å². The summed E-state index contributed by atoms with van der Waals surface area (Å²) in [6.07, 6.45) is 6.06. The van der Waals surface area contributed by atoms with Gasteiger partial charge in [-0.2, -0.15) is 0 Å². The van der Waals surface area contributed by atoms with Gasteiger partial charge in [-0.05, 0) is 107 Å². The zero-order valence-corrected chi connectivity index (χ0v) is 24.8. The number of halogens is 1. The van der Waals surface area contributed by atoms with Crippen LogP contribution in [-0.4, -0.2) is 51.8 Å². The molecule has 1 aromatic carbocycles. The molecular formula is C31H37ClN4O4. The van der Waals surface area contributed by atoms with Crippen LogP contribution in [0.25, 0.3) is 21.9 Å². The molecule has 0 unspecified atom stereocenters. The first-order chi connectivity index (χ1) is 18.8. The van der Waals surface area contributed by atoms with E-state index in [1.165, 1.54) is 0 Å². The Balaban J connectivity index is 1.20. The maximum absolute atomic E-state index is 12.7. The van der Waals surface area contributed by atoms with Crippen LogP contribution in [0.2, 0.25) is 5.02 Å². The number of ether oxygens (including phenoxy) is 2. The first kappa shape index (κ1) is 28.1. The number of likely N-dealkylation sites (tertiary alicyclic amines) is 1. The molecule has 2 aliphatic rings. The zero-order valence-electron chi connectivity index (χ0n) is 24.1. The molecule has 212 valence electrons. The van der Waals surface area contributed by atoms with Crippen molar-refractivity contribution in [1.29, 1.82) is 0 Å². The van der Waals surface area contributed by atoms with Crippen LogP contribution in [0.1, 0.15) is 63.3 Å². The number of carbonyl (C=O) groups excluding carboxylic acids is 2. The summed E-state index contributed by atoms with van der Waals surface area (Å²) in [4.78, 5) is 35.7. The SMILES string of the molecule is Cc1cc(C)c(-c2cc3cc(NC(=O)OC4CC5(CCN(C(=O)OC(C)(C)C)CC5)C4)ncc3c(C)c2Cl)cn1. The Labute approximate surface area is 240 Å². The van der Waals surface area contributed by atoms with Gasteiger partial charge in [0.1, 0.15) is 17.5 Å². The Kier molecular flexibility index (Phi) is 7.42. The van der Waals surface area contributed by atoms with Crippen molar-refractivity contribution < 1.29 is 19.1 Å². The molecule has 5 rings (SSSR count). The molecule has 1 N–H and O–H groups in total. The lowest BCUT2D eigenvalue weighted by Crippen LogP contribution is -2.52. The van der Waals surface area contributed by atoms with Crippen molar-refractivity contribution in [2.45, 2.75) is 78.9 Å². The lowest BCUT2D eigenvalue weighted by atomic mass is 9.61. The average Bonchev–Trinajstić information content (AvgIpc) is 2.85. The van der Waals surface area contributed by atoms with Crippen LogP contribution in [-0.2, 0) is 9.47 Å². The Bertz CT molecular complexity index is 1470. The minimum atomic E-state index is -0.512. The molecule has 1 aliphatic carbocycles. The van der Waals surface area contributed by atoms with Crippen molar-refractivity contribution in [3.05, 3.63) is 52.4 Å². The predicted octanol–water partition coefficient (Wildman–Crippen LogP) is 7.60. The monoisotopic (exact) mass is 564 g/mol. The van der Waals surface area contributed by atoms with E-state index in [1.54, 1.807) is 11.1 Å². The second-order valence-electron chi connectivity index (χ2n) is 12.3. The third-order valence-electron chi connectivity index (χ3n) is 8.04. The number of rotatable bonds is 3. The normalized spacial score (nSPS) is 17.0. The first-order valence-electron chi connectivity index (χ1n) is 13.8. The minimum Gasteiger partial charge on any atom is -0.446 e. The number of anilines is 1. The molecule has 0 radical (unpaired) electrons. The number of carbonyl (C=O) groups is 2. The average molecular weight is 565 g/mol. The van der Waals surface area contributed by atoms with Crippen LogP contribution < -0.4 is 5.32 Å². The summed E-state index contributed by atoms with van der Waals surface area (Å²) in [6.45, 7) is 12.9.